The van der Waals surface area contributed by atoms with Crippen LogP contribution in [-0.4, -0.2) is 23.4 Å². The van der Waals surface area contributed by atoms with E-state index in [1.54, 1.807) is 0 Å². The van der Waals surface area contributed by atoms with Crippen molar-refractivity contribution in [1.29, 1.82) is 0 Å². The summed E-state index contributed by atoms with van der Waals surface area (Å²) in [6.07, 6.45) is 5.13. The summed E-state index contributed by atoms with van der Waals surface area (Å²) in [4.78, 5) is 13.2. The van der Waals surface area contributed by atoms with Crippen LogP contribution < -0.4 is 0 Å². The van der Waals surface area contributed by atoms with E-state index >= 15 is 0 Å². The highest BCUT2D eigenvalue weighted by Gasteiger charge is 2.36. The first kappa shape index (κ1) is 6.89. The maximum Gasteiger partial charge on any atom is 0.223 e. The average Bonchev–Trinajstić information content (AvgIpc) is 2.53. The highest BCUT2D eigenvalue weighted by atomic mass is 16.2. The number of amides is 1. The Bertz CT molecular complexity index is 220. The van der Waals surface area contributed by atoms with Gasteiger partial charge in [-0.3, -0.25) is 4.79 Å². The Morgan fingerprint density at radius 1 is 1.64 bits per heavy atom. The van der Waals surface area contributed by atoms with Gasteiger partial charge in [-0.1, -0.05) is 11.6 Å². The topological polar surface area (TPSA) is 20.3 Å². The molecule has 0 saturated carbocycles. The van der Waals surface area contributed by atoms with E-state index < -0.39 is 0 Å². The largest absolute Gasteiger partial charge is 0.335 e. The van der Waals surface area contributed by atoms with Gasteiger partial charge in [0.05, 0.1) is 0 Å². The molecule has 0 spiro atoms. The molecule has 11 heavy (non-hydrogen) atoms. The predicted octanol–water partition coefficient (Wildman–Crippen LogP) is 1.33. The van der Waals surface area contributed by atoms with Gasteiger partial charge in [0.1, 0.15) is 0 Å². The molecule has 0 N–H and O–H groups in total. The Hall–Kier alpha value is -0.790. The molecule has 60 valence electrons. The third-order valence-corrected chi connectivity index (χ3v) is 2.73. The molecule has 1 amide bonds. The molecule has 0 aromatic carbocycles. The van der Waals surface area contributed by atoms with Crippen molar-refractivity contribution in [3.8, 4) is 0 Å². The zero-order chi connectivity index (χ0) is 7.84. The fourth-order valence-corrected chi connectivity index (χ4v) is 2.02. The van der Waals surface area contributed by atoms with Gasteiger partial charge in [-0.25, -0.2) is 0 Å². The smallest absolute Gasteiger partial charge is 0.223 e. The Morgan fingerprint density at radius 3 is 3.09 bits per heavy atom. The second-order valence-electron chi connectivity index (χ2n) is 3.37. The number of allylic oxidation sites excluding steroid dienone is 1. The molecule has 0 aromatic heterocycles. The van der Waals surface area contributed by atoms with E-state index in [2.05, 4.69) is 13.0 Å². The number of hydrogen-bond acceptors (Lipinski definition) is 1. The van der Waals surface area contributed by atoms with Crippen LogP contribution in [0.25, 0.3) is 0 Å². The van der Waals surface area contributed by atoms with Crippen molar-refractivity contribution < 1.29 is 4.79 Å². The van der Waals surface area contributed by atoms with Gasteiger partial charge >= 0.3 is 0 Å². The lowest BCUT2D eigenvalue weighted by atomic mass is 10.1. The molecule has 1 atom stereocenters. The SMILES string of the molecule is C/C=C1/C[C@@H]2CCC(=O)N2C1. The van der Waals surface area contributed by atoms with Crippen LogP contribution in [0.2, 0.25) is 0 Å². The molecule has 2 aliphatic rings. The van der Waals surface area contributed by atoms with Crippen LogP contribution in [0, 0.1) is 0 Å². The van der Waals surface area contributed by atoms with Crippen molar-refractivity contribution >= 4 is 5.91 Å². The lowest BCUT2D eigenvalue weighted by Crippen LogP contribution is -2.26. The fourth-order valence-electron chi connectivity index (χ4n) is 2.02. The van der Waals surface area contributed by atoms with Gasteiger partial charge in [0.25, 0.3) is 0 Å². The first-order valence-corrected chi connectivity index (χ1v) is 4.25. The molecule has 2 fully saturated rings. The molecular weight excluding hydrogens is 138 g/mol. The Balaban J connectivity index is 2.15. The number of carbonyl (C=O) groups is 1. The number of carbonyl (C=O) groups excluding carboxylic acids is 1. The van der Waals surface area contributed by atoms with Crippen LogP contribution in [0.5, 0.6) is 0 Å². The van der Waals surface area contributed by atoms with Crippen molar-refractivity contribution in [1.82, 2.24) is 4.90 Å². The van der Waals surface area contributed by atoms with Crippen molar-refractivity contribution in [2.45, 2.75) is 32.2 Å². The zero-order valence-corrected chi connectivity index (χ0v) is 6.84. The quantitative estimate of drug-likeness (QED) is 0.478. The van der Waals surface area contributed by atoms with E-state index in [4.69, 9.17) is 0 Å². The highest BCUT2D eigenvalue weighted by molar-refractivity contribution is 5.79. The van der Waals surface area contributed by atoms with Crippen LogP contribution >= 0.6 is 0 Å². The van der Waals surface area contributed by atoms with Gasteiger partial charge < -0.3 is 4.90 Å². The van der Waals surface area contributed by atoms with E-state index in [9.17, 15) is 4.79 Å². The standard InChI is InChI=1S/C9H13NO/c1-2-7-5-8-3-4-9(11)10(8)6-7/h2,8H,3-6H2,1H3/b7-2-/t8-/m0/s1. The van der Waals surface area contributed by atoms with Crippen molar-refractivity contribution in [3.05, 3.63) is 11.6 Å². The lowest BCUT2D eigenvalue weighted by molar-refractivity contribution is -0.127. The van der Waals surface area contributed by atoms with E-state index in [1.165, 1.54) is 5.57 Å². The minimum atomic E-state index is 0.354. The molecule has 0 aliphatic carbocycles. The monoisotopic (exact) mass is 151 g/mol. The van der Waals surface area contributed by atoms with Gasteiger partial charge in [0.2, 0.25) is 5.91 Å². The van der Waals surface area contributed by atoms with Gasteiger partial charge in [0, 0.05) is 19.0 Å². The van der Waals surface area contributed by atoms with Gasteiger partial charge in [-0.15, -0.1) is 0 Å². The van der Waals surface area contributed by atoms with Gasteiger partial charge in [0.15, 0.2) is 0 Å². The second kappa shape index (κ2) is 2.36. The molecule has 2 heterocycles. The summed E-state index contributed by atoms with van der Waals surface area (Å²) in [5, 5.41) is 0. The number of rotatable bonds is 0. The molecule has 0 bridgehead atoms. The number of hydrogen-bond donors (Lipinski definition) is 0. The number of nitrogens with zero attached hydrogens (tertiary/aromatic N) is 1. The zero-order valence-electron chi connectivity index (χ0n) is 6.84. The van der Waals surface area contributed by atoms with Gasteiger partial charge in [-0.2, -0.15) is 0 Å². The summed E-state index contributed by atoms with van der Waals surface area (Å²) in [5.74, 6) is 0.354. The van der Waals surface area contributed by atoms with Crippen LogP contribution in [0.3, 0.4) is 0 Å². The predicted molar refractivity (Wildman–Crippen MR) is 43.1 cm³/mol. The van der Waals surface area contributed by atoms with Crippen LogP contribution in [0.4, 0.5) is 0 Å². The minimum Gasteiger partial charge on any atom is -0.335 e. The van der Waals surface area contributed by atoms with E-state index in [0.29, 0.717) is 11.9 Å². The van der Waals surface area contributed by atoms with E-state index in [1.807, 2.05) is 4.90 Å². The normalized spacial score (nSPS) is 33.5. The van der Waals surface area contributed by atoms with E-state index in [0.717, 1.165) is 25.8 Å². The Labute approximate surface area is 66.9 Å². The molecule has 2 aliphatic heterocycles. The van der Waals surface area contributed by atoms with E-state index in [-0.39, 0.29) is 0 Å². The summed E-state index contributed by atoms with van der Waals surface area (Å²) >= 11 is 0. The van der Waals surface area contributed by atoms with Crippen LogP contribution in [0.1, 0.15) is 26.2 Å². The first-order chi connectivity index (χ1) is 5.31. The number of fused-ring (bicyclic) bond motifs is 1. The molecule has 0 radical (unpaired) electrons. The molecule has 2 heteroatoms. The van der Waals surface area contributed by atoms with Gasteiger partial charge in [-0.05, 0) is 19.8 Å². The molecule has 2 nitrogen and oxygen atoms in total. The maximum absolute atomic E-state index is 11.2. The lowest BCUT2D eigenvalue weighted by Gasteiger charge is -2.12. The molecule has 2 saturated heterocycles. The molecule has 0 unspecified atom stereocenters. The fraction of sp³-hybridized carbons (Fsp3) is 0.667. The van der Waals surface area contributed by atoms with Crippen molar-refractivity contribution in [2.24, 2.45) is 0 Å². The maximum atomic E-state index is 11.2. The Morgan fingerprint density at radius 2 is 2.45 bits per heavy atom. The minimum absolute atomic E-state index is 0.354. The summed E-state index contributed by atoms with van der Waals surface area (Å²) in [7, 11) is 0. The van der Waals surface area contributed by atoms with Crippen molar-refractivity contribution in [2.75, 3.05) is 6.54 Å². The van der Waals surface area contributed by atoms with Crippen molar-refractivity contribution in [3.63, 3.8) is 0 Å². The third kappa shape index (κ3) is 0.971. The first-order valence-electron chi connectivity index (χ1n) is 4.25. The summed E-state index contributed by atoms with van der Waals surface area (Å²) in [6.45, 7) is 2.96. The van der Waals surface area contributed by atoms with Crippen LogP contribution in [-0.2, 0) is 4.79 Å². The molecular formula is C9H13NO. The van der Waals surface area contributed by atoms with Crippen LogP contribution in [0.15, 0.2) is 11.6 Å². The molecule has 2 rings (SSSR count). The second-order valence-corrected chi connectivity index (χ2v) is 3.37. The molecule has 0 aromatic rings. The summed E-state index contributed by atoms with van der Waals surface area (Å²) < 4.78 is 0. The highest BCUT2D eigenvalue weighted by Crippen LogP contribution is 2.31. The summed E-state index contributed by atoms with van der Waals surface area (Å²) in [6, 6.07) is 0.550. The summed E-state index contributed by atoms with van der Waals surface area (Å²) in [5.41, 5.74) is 1.43. The third-order valence-electron chi connectivity index (χ3n) is 2.73. The Kier molecular flexibility index (Phi) is 1.48. The average molecular weight is 151 g/mol.